The van der Waals surface area contributed by atoms with Crippen LogP contribution >= 0.6 is 0 Å². The van der Waals surface area contributed by atoms with Crippen molar-refractivity contribution < 1.29 is 13.9 Å². The van der Waals surface area contributed by atoms with E-state index in [0.29, 0.717) is 17.9 Å². The van der Waals surface area contributed by atoms with Crippen LogP contribution in [0.3, 0.4) is 0 Å². The highest BCUT2D eigenvalue weighted by Crippen LogP contribution is 2.20. The summed E-state index contributed by atoms with van der Waals surface area (Å²) >= 11 is 0. The van der Waals surface area contributed by atoms with Crippen molar-refractivity contribution >= 4 is 0 Å². The highest BCUT2D eigenvalue weighted by molar-refractivity contribution is 5.30. The highest BCUT2D eigenvalue weighted by atomic mass is 19.1. The normalized spacial score (nSPS) is 12.2. The molecular formula is C16H18FNO2. The molecule has 0 saturated heterocycles. The molecule has 0 saturated carbocycles. The Morgan fingerprint density at radius 1 is 1.15 bits per heavy atom. The molecule has 0 aromatic heterocycles. The summed E-state index contributed by atoms with van der Waals surface area (Å²) in [5.74, 6) is 0.0699. The van der Waals surface area contributed by atoms with Crippen LogP contribution in [0, 0.1) is 5.82 Å². The van der Waals surface area contributed by atoms with Gasteiger partial charge < -0.3 is 15.2 Å². The molecule has 1 atom stereocenters. The topological polar surface area (TPSA) is 44.5 Å². The van der Waals surface area contributed by atoms with Crippen molar-refractivity contribution in [1.29, 1.82) is 0 Å². The maximum absolute atomic E-state index is 13.7. The van der Waals surface area contributed by atoms with Crippen molar-refractivity contribution in [3.8, 4) is 5.75 Å². The maximum Gasteiger partial charge on any atom is 0.189 e. The van der Waals surface area contributed by atoms with E-state index in [1.807, 2.05) is 30.3 Å². The fourth-order valence-corrected chi connectivity index (χ4v) is 1.81. The summed E-state index contributed by atoms with van der Waals surface area (Å²) in [5, 5.41) is 0. The predicted octanol–water partition coefficient (Wildman–Crippen LogP) is 3.40. The van der Waals surface area contributed by atoms with Gasteiger partial charge in [-0.05, 0) is 18.6 Å². The molecule has 4 heteroatoms. The number of hydrogen-bond acceptors (Lipinski definition) is 3. The van der Waals surface area contributed by atoms with Gasteiger partial charge in [-0.3, -0.25) is 0 Å². The van der Waals surface area contributed by atoms with Crippen LogP contribution < -0.4 is 10.5 Å². The van der Waals surface area contributed by atoms with Gasteiger partial charge in [-0.2, -0.15) is 0 Å². The lowest BCUT2D eigenvalue weighted by Gasteiger charge is -2.10. The van der Waals surface area contributed by atoms with Crippen LogP contribution in [0.25, 0.3) is 0 Å². The van der Waals surface area contributed by atoms with Crippen LogP contribution in [0.2, 0.25) is 0 Å². The van der Waals surface area contributed by atoms with Gasteiger partial charge in [0, 0.05) is 17.7 Å². The summed E-state index contributed by atoms with van der Waals surface area (Å²) in [4.78, 5) is 0. The van der Waals surface area contributed by atoms with E-state index in [1.54, 1.807) is 19.1 Å². The number of hydrogen-bond donors (Lipinski definition) is 1. The van der Waals surface area contributed by atoms with E-state index >= 15 is 0 Å². The lowest BCUT2D eigenvalue weighted by atomic mass is 10.1. The molecule has 0 aliphatic rings. The number of halogens is 1. The second-order valence-corrected chi connectivity index (χ2v) is 4.57. The van der Waals surface area contributed by atoms with Crippen molar-refractivity contribution in [2.75, 3.05) is 6.79 Å². The van der Waals surface area contributed by atoms with Crippen molar-refractivity contribution in [2.24, 2.45) is 5.73 Å². The Kier molecular flexibility index (Phi) is 5.09. The Balaban J connectivity index is 1.81. The number of ether oxygens (including phenoxy) is 2. The molecule has 2 aromatic rings. The van der Waals surface area contributed by atoms with E-state index in [0.717, 1.165) is 5.56 Å². The molecule has 2 rings (SSSR count). The Bertz CT molecular complexity index is 543. The van der Waals surface area contributed by atoms with Gasteiger partial charge in [-0.15, -0.1) is 0 Å². The van der Waals surface area contributed by atoms with Crippen molar-refractivity contribution in [3.63, 3.8) is 0 Å². The second kappa shape index (κ2) is 7.03. The summed E-state index contributed by atoms with van der Waals surface area (Å²) in [5.41, 5.74) is 7.18. The van der Waals surface area contributed by atoms with Crippen LogP contribution in [0.5, 0.6) is 5.75 Å². The van der Waals surface area contributed by atoms with Gasteiger partial charge in [0.1, 0.15) is 11.6 Å². The summed E-state index contributed by atoms with van der Waals surface area (Å²) in [6.07, 6.45) is 0. The molecule has 106 valence electrons. The molecule has 0 amide bonds. The predicted molar refractivity (Wildman–Crippen MR) is 75.7 cm³/mol. The third-order valence-corrected chi connectivity index (χ3v) is 2.88. The Morgan fingerprint density at radius 2 is 1.90 bits per heavy atom. The van der Waals surface area contributed by atoms with Gasteiger partial charge in [0.05, 0.1) is 6.61 Å². The van der Waals surface area contributed by atoms with Crippen LogP contribution in [0.1, 0.15) is 24.1 Å². The Hall–Kier alpha value is -1.91. The number of rotatable bonds is 6. The van der Waals surface area contributed by atoms with E-state index in [9.17, 15) is 4.39 Å². The summed E-state index contributed by atoms with van der Waals surface area (Å²) in [6, 6.07) is 14.1. The fourth-order valence-electron chi connectivity index (χ4n) is 1.81. The third kappa shape index (κ3) is 4.05. The quantitative estimate of drug-likeness (QED) is 0.649. The first-order chi connectivity index (χ1) is 9.66. The minimum absolute atomic E-state index is 0.0753. The monoisotopic (exact) mass is 275 g/mol. The van der Waals surface area contributed by atoms with Gasteiger partial charge in [-0.25, -0.2) is 4.39 Å². The van der Waals surface area contributed by atoms with Gasteiger partial charge in [0.2, 0.25) is 0 Å². The smallest absolute Gasteiger partial charge is 0.189 e. The second-order valence-electron chi connectivity index (χ2n) is 4.57. The third-order valence-electron chi connectivity index (χ3n) is 2.88. The van der Waals surface area contributed by atoms with E-state index < -0.39 is 0 Å². The van der Waals surface area contributed by atoms with Gasteiger partial charge in [0.15, 0.2) is 6.79 Å². The first-order valence-electron chi connectivity index (χ1n) is 6.46. The molecule has 2 N–H and O–H groups in total. The van der Waals surface area contributed by atoms with Gasteiger partial charge >= 0.3 is 0 Å². The zero-order chi connectivity index (χ0) is 14.4. The SMILES string of the molecule is CC(N)c1ccc(OCOCc2ccccc2)cc1F. The number of nitrogens with two attached hydrogens (primary N) is 1. The van der Waals surface area contributed by atoms with Crippen LogP contribution in [-0.2, 0) is 11.3 Å². The molecule has 0 spiro atoms. The average Bonchev–Trinajstić information content (AvgIpc) is 2.44. The Labute approximate surface area is 118 Å². The molecule has 0 aliphatic carbocycles. The molecule has 20 heavy (non-hydrogen) atoms. The maximum atomic E-state index is 13.7. The van der Waals surface area contributed by atoms with E-state index in [1.165, 1.54) is 6.07 Å². The van der Waals surface area contributed by atoms with E-state index in [4.69, 9.17) is 15.2 Å². The lowest BCUT2D eigenvalue weighted by molar-refractivity contribution is 0.00488. The molecule has 0 bridgehead atoms. The summed E-state index contributed by atoms with van der Waals surface area (Å²) < 4.78 is 24.4. The number of benzene rings is 2. The molecule has 3 nitrogen and oxygen atoms in total. The standard InChI is InChI=1S/C16H18FNO2/c1-12(18)15-8-7-14(9-16(15)17)20-11-19-10-13-5-3-2-4-6-13/h2-9,12H,10-11,18H2,1H3. The van der Waals surface area contributed by atoms with Crippen LogP contribution in [0.15, 0.2) is 48.5 Å². The molecular weight excluding hydrogens is 257 g/mol. The fraction of sp³-hybridized carbons (Fsp3) is 0.250. The average molecular weight is 275 g/mol. The molecule has 2 aromatic carbocycles. The molecule has 0 fully saturated rings. The van der Waals surface area contributed by atoms with E-state index in [2.05, 4.69) is 0 Å². The van der Waals surface area contributed by atoms with Crippen molar-refractivity contribution in [1.82, 2.24) is 0 Å². The first kappa shape index (κ1) is 14.5. The van der Waals surface area contributed by atoms with Crippen molar-refractivity contribution in [2.45, 2.75) is 19.6 Å². The highest BCUT2D eigenvalue weighted by Gasteiger charge is 2.07. The van der Waals surface area contributed by atoms with Gasteiger partial charge in [0.25, 0.3) is 0 Å². The largest absolute Gasteiger partial charge is 0.467 e. The first-order valence-corrected chi connectivity index (χ1v) is 6.46. The lowest BCUT2D eigenvalue weighted by Crippen LogP contribution is -2.08. The zero-order valence-electron chi connectivity index (χ0n) is 11.4. The summed E-state index contributed by atoms with van der Waals surface area (Å²) in [7, 11) is 0. The molecule has 0 heterocycles. The molecule has 1 unspecified atom stereocenters. The van der Waals surface area contributed by atoms with Crippen LogP contribution in [-0.4, -0.2) is 6.79 Å². The molecule has 0 radical (unpaired) electrons. The van der Waals surface area contributed by atoms with Crippen molar-refractivity contribution in [3.05, 3.63) is 65.5 Å². The molecule has 0 aliphatic heterocycles. The Morgan fingerprint density at radius 3 is 2.55 bits per heavy atom. The van der Waals surface area contributed by atoms with Gasteiger partial charge in [-0.1, -0.05) is 36.4 Å². The minimum atomic E-state index is -0.361. The van der Waals surface area contributed by atoms with Crippen LogP contribution in [0.4, 0.5) is 4.39 Å². The minimum Gasteiger partial charge on any atom is -0.467 e. The summed E-state index contributed by atoms with van der Waals surface area (Å²) in [6.45, 7) is 2.27. The van der Waals surface area contributed by atoms with E-state index in [-0.39, 0.29) is 18.7 Å². The zero-order valence-corrected chi connectivity index (χ0v) is 11.4.